The SMILES string of the molecule is O=S(=O)(NC1C2CC3CC(C2)CC1C3)c1cccc(OC(F)(F)F)c1. The number of alkyl halides is 3. The molecule has 4 fully saturated rings. The van der Waals surface area contributed by atoms with Gasteiger partial charge in [0.15, 0.2) is 0 Å². The third kappa shape index (κ3) is 3.51. The van der Waals surface area contributed by atoms with E-state index in [4.69, 9.17) is 0 Å². The van der Waals surface area contributed by atoms with Gasteiger partial charge < -0.3 is 4.74 Å². The van der Waals surface area contributed by atoms with Gasteiger partial charge in [0.2, 0.25) is 10.0 Å². The molecule has 4 bridgehead atoms. The van der Waals surface area contributed by atoms with E-state index < -0.39 is 22.1 Å². The van der Waals surface area contributed by atoms with E-state index in [-0.39, 0.29) is 10.9 Å². The highest BCUT2D eigenvalue weighted by atomic mass is 32.2. The molecule has 0 aromatic heterocycles. The zero-order valence-electron chi connectivity index (χ0n) is 13.5. The van der Waals surface area contributed by atoms with Gasteiger partial charge in [-0.3, -0.25) is 0 Å². The Morgan fingerprint density at radius 3 is 2.16 bits per heavy atom. The van der Waals surface area contributed by atoms with Crippen molar-refractivity contribution in [2.75, 3.05) is 0 Å². The Bertz CT molecular complexity index is 735. The fourth-order valence-electron chi connectivity index (χ4n) is 5.20. The van der Waals surface area contributed by atoms with E-state index in [9.17, 15) is 21.6 Å². The number of sulfonamides is 1. The van der Waals surface area contributed by atoms with E-state index in [0.29, 0.717) is 23.7 Å². The van der Waals surface area contributed by atoms with E-state index in [1.807, 2.05) is 0 Å². The number of hydrogen-bond donors (Lipinski definition) is 1. The van der Waals surface area contributed by atoms with Crippen molar-refractivity contribution < 1.29 is 26.3 Å². The maximum atomic E-state index is 12.7. The molecule has 1 N–H and O–H groups in total. The van der Waals surface area contributed by atoms with Crippen molar-refractivity contribution in [3.63, 3.8) is 0 Å². The molecule has 138 valence electrons. The van der Waals surface area contributed by atoms with E-state index in [1.165, 1.54) is 18.6 Å². The van der Waals surface area contributed by atoms with Crippen LogP contribution in [0, 0.1) is 23.7 Å². The van der Waals surface area contributed by atoms with Gasteiger partial charge in [0.05, 0.1) is 4.90 Å². The largest absolute Gasteiger partial charge is 0.573 e. The molecule has 8 heteroatoms. The molecule has 1 aromatic carbocycles. The van der Waals surface area contributed by atoms with Crippen LogP contribution in [0.4, 0.5) is 13.2 Å². The summed E-state index contributed by atoms with van der Waals surface area (Å²) < 4.78 is 69.1. The van der Waals surface area contributed by atoms with Crippen LogP contribution in [0.15, 0.2) is 29.2 Å². The first-order valence-electron chi connectivity index (χ1n) is 8.58. The molecular weight excluding hydrogens is 355 g/mol. The smallest absolute Gasteiger partial charge is 0.406 e. The molecular formula is C17H20F3NO3S. The molecule has 1 aromatic rings. The van der Waals surface area contributed by atoms with Crippen LogP contribution in [0.3, 0.4) is 0 Å². The van der Waals surface area contributed by atoms with Crippen molar-refractivity contribution in [3.8, 4) is 5.75 Å². The summed E-state index contributed by atoms with van der Waals surface area (Å²) in [4.78, 5) is -0.192. The first kappa shape index (κ1) is 17.1. The highest BCUT2D eigenvalue weighted by molar-refractivity contribution is 7.89. The van der Waals surface area contributed by atoms with Crippen molar-refractivity contribution in [2.24, 2.45) is 23.7 Å². The van der Waals surface area contributed by atoms with Gasteiger partial charge in [0, 0.05) is 12.1 Å². The van der Waals surface area contributed by atoms with Crippen molar-refractivity contribution in [3.05, 3.63) is 24.3 Å². The summed E-state index contributed by atoms with van der Waals surface area (Å²) in [5.41, 5.74) is 0. The normalized spacial score (nSPS) is 34.3. The van der Waals surface area contributed by atoms with Crippen LogP contribution in [0.1, 0.15) is 32.1 Å². The van der Waals surface area contributed by atoms with Gasteiger partial charge in [0.25, 0.3) is 0 Å². The second-order valence-electron chi connectivity index (χ2n) is 7.60. The highest BCUT2D eigenvalue weighted by Gasteiger charge is 2.49. The van der Waals surface area contributed by atoms with Crippen LogP contribution < -0.4 is 9.46 Å². The molecule has 4 saturated carbocycles. The Balaban J connectivity index is 1.53. The Hall–Kier alpha value is -1.28. The quantitative estimate of drug-likeness (QED) is 0.873. The lowest BCUT2D eigenvalue weighted by Gasteiger charge is -2.54. The molecule has 0 spiro atoms. The van der Waals surface area contributed by atoms with Gasteiger partial charge in [-0.15, -0.1) is 13.2 Å². The second kappa shape index (κ2) is 5.87. The average molecular weight is 375 g/mol. The minimum Gasteiger partial charge on any atom is -0.406 e. The standard InChI is InChI=1S/C17H20F3NO3S/c18-17(19,20)24-14-2-1-3-15(9-14)25(22,23)21-16-12-5-10-4-11(7-12)8-13(16)6-10/h1-3,9-13,16,21H,4-8H2. The van der Waals surface area contributed by atoms with Crippen LogP contribution >= 0.6 is 0 Å². The summed E-state index contributed by atoms with van der Waals surface area (Å²) >= 11 is 0. The summed E-state index contributed by atoms with van der Waals surface area (Å²) in [5.74, 6) is 1.60. The molecule has 4 nitrogen and oxygen atoms in total. The molecule has 0 amide bonds. The number of benzene rings is 1. The molecule has 0 aliphatic heterocycles. The summed E-state index contributed by atoms with van der Waals surface area (Å²) in [6.07, 6.45) is 0.629. The highest BCUT2D eigenvalue weighted by Crippen LogP contribution is 2.53. The molecule has 0 heterocycles. The van der Waals surface area contributed by atoms with Crippen LogP contribution in [-0.2, 0) is 10.0 Å². The first-order chi connectivity index (χ1) is 11.7. The molecule has 0 saturated heterocycles. The molecule has 0 radical (unpaired) electrons. The first-order valence-corrected chi connectivity index (χ1v) is 10.1. The zero-order chi connectivity index (χ0) is 17.8. The zero-order valence-corrected chi connectivity index (χ0v) is 14.3. The molecule has 0 atom stereocenters. The van der Waals surface area contributed by atoms with Crippen LogP contribution in [0.5, 0.6) is 5.75 Å². The van der Waals surface area contributed by atoms with E-state index in [2.05, 4.69) is 9.46 Å². The van der Waals surface area contributed by atoms with Crippen molar-refractivity contribution in [1.29, 1.82) is 0 Å². The van der Waals surface area contributed by atoms with Gasteiger partial charge in [-0.1, -0.05) is 6.07 Å². The lowest BCUT2D eigenvalue weighted by atomic mass is 9.54. The molecule has 4 aliphatic carbocycles. The monoisotopic (exact) mass is 375 g/mol. The maximum absolute atomic E-state index is 12.7. The van der Waals surface area contributed by atoms with E-state index >= 15 is 0 Å². The van der Waals surface area contributed by atoms with Crippen LogP contribution in [0.25, 0.3) is 0 Å². The molecule has 4 aliphatic rings. The minimum atomic E-state index is -4.85. The predicted octanol–water partition coefficient (Wildman–Crippen LogP) is 3.69. The minimum absolute atomic E-state index is 0.106. The Morgan fingerprint density at radius 1 is 1.00 bits per heavy atom. The number of hydrogen-bond acceptors (Lipinski definition) is 3. The predicted molar refractivity (Wildman–Crippen MR) is 84.3 cm³/mol. The molecule has 0 unspecified atom stereocenters. The maximum Gasteiger partial charge on any atom is 0.573 e. The number of ether oxygens (including phenoxy) is 1. The fourth-order valence-corrected chi connectivity index (χ4v) is 6.61. The Labute approximate surface area is 144 Å². The van der Waals surface area contributed by atoms with E-state index in [1.54, 1.807) is 0 Å². The number of nitrogens with one attached hydrogen (secondary N) is 1. The average Bonchev–Trinajstić information content (AvgIpc) is 2.49. The van der Waals surface area contributed by atoms with Gasteiger partial charge in [-0.05, 0) is 67.9 Å². The van der Waals surface area contributed by atoms with Crippen LogP contribution in [-0.4, -0.2) is 20.8 Å². The third-order valence-corrected chi connectivity index (χ3v) is 7.32. The molecule has 25 heavy (non-hydrogen) atoms. The van der Waals surface area contributed by atoms with Crippen molar-refractivity contribution in [2.45, 2.75) is 49.4 Å². The van der Waals surface area contributed by atoms with Gasteiger partial charge in [-0.2, -0.15) is 0 Å². The van der Waals surface area contributed by atoms with Gasteiger partial charge in [-0.25, -0.2) is 13.1 Å². The second-order valence-corrected chi connectivity index (χ2v) is 9.31. The van der Waals surface area contributed by atoms with Gasteiger partial charge >= 0.3 is 6.36 Å². The summed E-state index contributed by atoms with van der Waals surface area (Å²) in [7, 11) is -3.88. The number of halogens is 3. The summed E-state index contributed by atoms with van der Waals surface area (Å²) in [6, 6.07) is 4.46. The van der Waals surface area contributed by atoms with Crippen molar-refractivity contribution in [1.82, 2.24) is 4.72 Å². The lowest BCUT2D eigenvalue weighted by molar-refractivity contribution is -0.274. The topological polar surface area (TPSA) is 55.4 Å². The Morgan fingerprint density at radius 2 is 1.60 bits per heavy atom. The van der Waals surface area contributed by atoms with Gasteiger partial charge in [0.1, 0.15) is 5.75 Å². The van der Waals surface area contributed by atoms with E-state index in [0.717, 1.165) is 37.8 Å². The fraction of sp³-hybridized carbons (Fsp3) is 0.647. The summed E-state index contributed by atoms with van der Waals surface area (Å²) in [6.45, 7) is 0. The third-order valence-electron chi connectivity index (χ3n) is 5.87. The lowest BCUT2D eigenvalue weighted by Crippen LogP contribution is -2.55. The molecule has 5 rings (SSSR count). The summed E-state index contributed by atoms with van der Waals surface area (Å²) in [5, 5.41) is 0. The van der Waals surface area contributed by atoms with Crippen molar-refractivity contribution >= 4 is 10.0 Å². The van der Waals surface area contributed by atoms with Crippen LogP contribution in [0.2, 0.25) is 0 Å². The number of rotatable bonds is 4. The Kier molecular flexibility index (Phi) is 4.03.